The van der Waals surface area contributed by atoms with E-state index in [0.29, 0.717) is 40.9 Å². The van der Waals surface area contributed by atoms with Gasteiger partial charge in [-0.25, -0.2) is 9.07 Å². The quantitative estimate of drug-likeness (QED) is 0.412. The first kappa shape index (κ1) is 19.7. The van der Waals surface area contributed by atoms with E-state index < -0.39 is 5.82 Å². The lowest BCUT2D eigenvalue weighted by atomic mass is 9.98. The molecule has 3 heterocycles. The van der Waals surface area contributed by atoms with Gasteiger partial charge in [0.25, 0.3) is 5.56 Å². The molecule has 0 spiro atoms. The molecule has 7 nitrogen and oxygen atoms in total. The molecule has 5 aromatic rings. The van der Waals surface area contributed by atoms with Crippen molar-refractivity contribution in [2.75, 3.05) is 5.32 Å². The number of nitrogens with one attached hydrogen (secondary N) is 1. The third kappa shape index (κ3) is 3.05. The fraction of sp³-hybridized carbons (Fsp3) is 0.240. The maximum absolute atomic E-state index is 14.5. The summed E-state index contributed by atoms with van der Waals surface area (Å²) in [6, 6.07) is 12.6. The van der Waals surface area contributed by atoms with Crippen LogP contribution in [0.1, 0.15) is 25.3 Å². The summed E-state index contributed by atoms with van der Waals surface area (Å²) in [7, 11) is 0. The Hall–Kier alpha value is -3.94. The summed E-state index contributed by atoms with van der Waals surface area (Å²) in [6.07, 6.45) is 3.90. The van der Waals surface area contributed by atoms with E-state index in [0.717, 1.165) is 34.7 Å². The minimum absolute atomic E-state index is 0.188. The molecule has 33 heavy (non-hydrogen) atoms. The maximum atomic E-state index is 14.5. The third-order valence-electron chi connectivity index (χ3n) is 6.24. The monoisotopic (exact) mass is 443 g/mol. The van der Waals surface area contributed by atoms with Crippen LogP contribution in [0.15, 0.2) is 58.0 Å². The molecule has 0 unspecified atom stereocenters. The van der Waals surface area contributed by atoms with Gasteiger partial charge in [0, 0.05) is 23.5 Å². The molecule has 8 heteroatoms. The highest BCUT2D eigenvalue weighted by Crippen LogP contribution is 2.36. The van der Waals surface area contributed by atoms with Crippen molar-refractivity contribution in [3.05, 3.63) is 70.4 Å². The van der Waals surface area contributed by atoms with Gasteiger partial charge in [-0.3, -0.25) is 9.36 Å². The van der Waals surface area contributed by atoms with Gasteiger partial charge in [-0.05, 0) is 56.5 Å². The Labute approximate surface area is 188 Å². The lowest BCUT2D eigenvalue weighted by Gasteiger charge is -2.13. The number of hydrogen-bond acceptors (Lipinski definition) is 5. The predicted molar refractivity (Wildman–Crippen MR) is 125 cm³/mol. The van der Waals surface area contributed by atoms with Gasteiger partial charge in [-0.2, -0.15) is 5.10 Å². The van der Waals surface area contributed by atoms with Crippen LogP contribution in [0.5, 0.6) is 0 Å². The van der Waals surface area contributed by atoms with Gasteiger partial charge in [0.2, 0.25) is 0 Å². The first-order valence-electron chi connectivity index (χ1n) is 11.1. The molecule has 6 rings (SSSR count). The van der Waals surface area contributed by atoms with Crippen LogP contribution in [0.25, 0.3) is 38.8 Å². The van der Waals surface area contributed by atoms with Crippen molar-refractivity contribution < 1.29 is 8.91 Å². The number of aryl methyl sites for hydroxylation is 2. The predicted octanol–water partition coefficient (Wildman–Crippen LogP) is 5.04. The van der Waals surface area contributed by atoms with Gasteiger partial charge < -0.3 is 9.84 Å². The van der Waals surface area contributed by atoms with Crippen molar-refractivity contribution in [2.45, 2.75) is 39.3 Å². The fourth-order valence-electron chi connectivity index (χ4n) is 4.42. The van der Waals surface area contributed by atoms with E-state index in [4.69, 9.17) is 4.52 Å². The smallest absolute Gasteiger partial charge is 0.260 e. The van der Waals surface area contributed by atoms with E-state index in [-0.39, 0.29) is 5.56 Å². The number of hydrogen-bond donors (Lipinski definition) is 1. The second-order valence-corrected chi connectivity index (χ2v) is 8.48. The Morgan fingerprint density at radius 1 is 1.21 bits per heavy atom. The highest BCUT2D eigenvalue weighted by atomic mass is 19.1. The molecule has 166 valence electrons. The zero-order chi connectivity index (χ0) is 22.7. The topological polar surface area (TPSA) is 77.9 Å². The number of anilines is 1. The third-order valence-corrected chi connectivity index (χ3v) is 6.24. The number of benzene rings is 2. The molecule has 0 aliphatic heterocycles. The summed E-state index contributed by atoms with van der Waals surface area (Å²) in [5.74, 6) is 0.303. The van der Waals surface area contributed by atoms with Crippen molar-refractivity contribution in [3.63, 3.8) is 0 Å². The van der Waals surface area contributed by atoms with E-state index in [9.17, 15) is 9.18 Å². The highest BCUT2D eigenvalue weighted by molar-refractivity contribution is 6.00. The van der Waals surface area contributed by atoms with Gasteiger partial charge in [0.05, 0.1) is 17.1 Å². The lowest BCUT2D eigenvalue weighted by molar-refractivity contribution is 0.460. The number of halogens is 1. The van der Waals surface area contributed by atoms with E-state index in [1.54, 1.807) is 29.0 Å². The maximum Gasteiger partial charge on any atom is 0.260 e. The zero-order valence-corrected chi connectivity index (χ0v) is 18.3. The average molecular weight is 443 g/mol. The molecule has 0 amide bonds. The van der Waals surface area contributed by atoms with Gasteiger partial charge in [0.1, 0.15) is 17.2 Å². The normalized spacial score (nSPS) is 13.8. The van der Waals surface area contributed by atoms with E-state index >= 15 is 0 Å². The molecule has 1 N–H and O–H groups in total. The second kappa shape index (κ2) is 7.30. The summed E-state index contributed by atoms with van der Waals surface area (Å²) < 4.78 is 23.4. The van der Waals surface area contributed by atoms with Crippen molar-refractivity contribution in [2.24, 2.45) is 0 Å². The molecule has 0 radical (unpaired) electrons. The van der Waals surface area contributed by atoms with Crippen LogP contribution in [0, 0.1) is 12.7 Å². The van der Waals surface area contributed by atoms with E-state index in [1.807, 2.05) is 32.0 Å². The van der Waals surface area contributed by atoms with E-state index in [1.165, 1.54) is 10.7 Å². The van der Waals surface area contributed by atoms with Gasteiger partial charge in [-0.1, -0.05) is 23.4 Å². The number of nitrogens with zero attached hydrogens (tertiary/aromatic N) is 4. The Morgan fingerprint density at radius 3 is 2.79 bits per heavy atom. The molecular formula is C25H22FN5O2. The molecule has 1 saturated carbocycles. The highest BCUT2D eigenvalue weighted by Gasteiger charge is 2.26. The summed E-state index contributed by atoms with van der Waals surface area (Å²) >= 11 is 0. The number of aromatic nitrogens is 4. The standard InChI is InChI=1S/C25H22FN5O2/c1-3-30-24-15(13-27-31(24)20-7-5-4-6-19(20)26)12-18(25(30)32)21-14(2)8-11-17-22(21)33-29-23(17)28-16-9-10-16/h4-8,11-13,16H,3,9-10H2,1-2H3,(H,28,29). The van der Waals surface area contributed by atoms with Crippen LogP contribution in [0.4, 0.5) is 10.2 Å². The second-order valence-electron chi connectivity index (χ2n) is 8.48. The molecule has 0 atom stereocenters. The Balaban J connectivity index is 1.60. The van der Waals surface area contributed by atoms with Crippen molar-refractivity contribution in [1.82, 2.24) is 19.5 Å². The minimum Gasteiger partial charge on any atom is -0.364 e. The van der Waals surface area contributed by atoms with Crippen molar-refractivity contribution in [1.29, 1.82) is 0 Å². The number of pyridine rings is 1. The summed E-state index contributed by atoms with van der Waals surface area (Å²) in [6.45, 7) is 4.25. The molecule has 0 saturated heterocycles. The molecular weight excluding hydrogens is 421 g/mol. The number of fused-ring (bicyclic) bond motifs is 2. The largest absolute Gasteiger partial charge is 0.364 e. The molecule has 1 fully saturated rings. The molecule has 2 aromatic carbocycles. The molecule has 1 aliphatic rings. The Kier molecular flexibility index (Phi) is 4.36. The number of para-hydroxylation sites is 1. The number of rotatable bonds is 5. The molecule has 0 bridgehead atoms. The summed E-state index contributed by atoms with van der Waals surface area (Å²) in [5, 5.41) is 13.6. The van der Waals surface area contributed by atoms with Gasteiger partial charge in [0.15, 0.2) is 11.4 Å². The van der Waals surface area contributed by atoms with Crippen LogP contribution in [0.2, 0.25) is 0 Å². The Bertz CT molecular complexity index is 1590. The lowest BCUT2D eigenvalue weighted by Crippen LogP contribution is -2.23. The van der Waals surface area contributed by atoms with Gasteiger partial charge in [-0.15, -0.1) is 0 Å². The Morgan fingerprint density at radius 2 is 2.03 bits per heavy atom. The SMILES string of the molecule is CCn1c(=O)c(-c2c(C)ccc3c(NC4CC4)noc23)cc2cnn(-c3ccccc3F)c21. The van der Waals surface area contributed by atoms with Crippen LogP contribution in [-0.4, -0.2) is 25.5 Å². The summed E-state index contributed by atoms with van der Waals surface area (Å²) in [5.41, 5.74) is 3.38. The minimum atomic E-state index is -0.403. The first-order valence-corrected chi connectivity index (χ1v) is 11.1. The van der Waals surface area contributed by atoms with Crippen molar-refractivity contribution in [3.8, 4) is 16.8 Å². The van der Waals surface area contributed by atoms with Crippen LogP contribution < -0.4 is 10.9 Å². The zero-order valence-electron chi connectivity index (χ0n) is 18.3. The first-order chi connectivity index (χ1) is 16.1. The molecule has 1 aliphatic carbocycles. The van der Waals surface area contributed by atoms with E-state index in [2.05, 4.69) is 15.6 Å². The van der Waals surface area contributed by atoms with Gasteiger partial charge >= 0.3 is 0 Å². The van der Waals surface area contributed by atoms with Crippen LogP contribution in [-0.2, 0) is 6.54 Å². The fourth-order valence-corrected chi connectivity index (χ4v) is 4.42. The van der Waals surface area contributed by atoms with Crippen LogP contribution in [0.3, 0.4) is 0 Å². The van der Waals surface area contributed by atoms with Crippen LogP contribution >= 0.6 is 0 Å². The average Bonchev–Trinajstić information content (AvgIpc) is 3.40. The summed E-state index contributed by atoms with van der Waals surface area (Å²) in [4.78, 5) is 13.7. The molecule has 3 aromatic heterocycles. The van der Waals surface area contributed by atoms with Crippen molar-refractivity contribution >= 4 is 27.8 Å².